The summed E-state index contributed by atoms with van der Waals surface area (Å²) in [5.74, 6) is 6.20. The minimum absolute atomic E-state index is 0.258. The van der Waals surface area contributed by atoms with Gasteiger partial charge in [0.25, 0.3) is 0 Å². The average molecular weight is 372 g/mol. The highest BCUT2D eigenvalue weighted by Gasteiger charge is 2.44. The summed E-state index contributed by atoms with van der Waals surface area (Å²) in [5, 5.41) is 9.98. The number of rotatable bonds is 12. The van der Waals surface area contributed by atoms with Crippen LogP contribution in [0.5, 0.6) is 0 Å². The molecule has 2 aliphatic rings. The largest absolute Gasteiger partial charge is 0.198 e. The van der Waals surface area contributed by atoms with Gasteiger partial charge in [0.1, 0.15) is 0 Å². The summed E-state index contributed by atoms with van der Waals surface area (Å²) in [6, 6.07) is 2.76. The van der Waals surface area contributed by atoms with E-state index in [-0.39, 0.29) is 5.92 Å². The van der Waals surface area contributed by atoms with Crippen molar-refractivity contribution in [2.45, 2.75) is 92.4 Å². The van der Waals surface area contributed by atoms with E-state index in [0.717, 1.165) is 36.0 Å². The van der Waals surface area contributed by atoms with E-state index in [9.17, 15) is 5.26 Å². The predicted molar refractivity (Wildman–Crippen MR) is 117 cm³/mol. The first-order chi connectivity index (χ1) is 13.0. The number of nitrogens with zero attached hydrogens (tertiary/aromatic N) is 1. The fourth-order valence-corrected chi connectivity index (χ4v) is 6.02. The van der Waals surface area contributed by atoms with Crippen LogP contribution in [0.1, 0.15) is 92.4 Å². The minimum Gasteiger partial charge on any atom is -0.198 e. The second-order valence-electron chi connectivity index (χ2n) is 10.1. The van der Waals surface area contributed by atoms with Crippen molar-refractivity contribution in [3.8, 4) is 6.07 Å². The van der Waals surface area contributed by atoms with E-state index in [0.29, 0.717) is 17.8 Å². The fourth-order valence-electron chi connectivity index (χ4n) is 6.02. The number of hydrogen-bond donors (Lipinski definition) is 0. The fraction of sp³-hybridized carbons (Fsp3) is 0.885. The van der Waals surface area contributed by atoms with Crippen molar-refractivity contribution in [1.82, 2.24) is 0 Å². The number of nitriles is 1. The molecule has 2 aliphatic carbocycles. The third kappa shape index (κ3) is 5.40. The highest BCUT2D eigenvalue weighted by Crippen LogP contribution is 2.51. The van der Waals surface area contributed by atoms with E-state index in [1.54, 1.807) is 0 Å². The van der Waals surface area contributed by atoms with Crippen LogP contribution in [-0.2, 0) is 0 Å². The molecular formula is C26H45N. The van der Waals surface area contributed by atoms with Crippen LogP contribution in [0, 0.1) is 64.6 Å². The molecule has 0 N–H and O–H groups in total. The summed E-state index contributed by atoms with van der Waals surface area (Å²) < 4.78 is 0. The molecule has 0 bridgehead atoms. The van der Waals surface area contributed by atoms with Gasteiger partial charge in [0.15, 0.2) is 0 Å². The smallest absolute Gasteiger partial charge is 0.0658 e. The Morgan fingerprint density at radius 3 is 2.11 bits per heavy atom. The molecule has 2 fully saturated rings. The van der Waals surface area contributed by atoms with Gasteiger partial charge < -0.3 is 0 Å². The van der Waals surface area contributed by atoms with Crippen molar-refractivity contribution in [1.29, 1.82) is 5.26 Å². The molecule has 0 spiro atoms. The van der Waals surface area contributed by atoms with Crippen LogP contribution in [0.4, 0.5) is 0 Å². The van der Waals surface area contributed by atoms with E-state index >= 15 is 0 Å². The van der Waals surface area contributed by atoms with Crippen molar-refractivity contribution >= 4 is 0 Å². The van der Waals surface area contributed by atoms with E-state index in [4.69, 9.17) is 0 Å². The molecule has 0 aromatic rings. The van der Waals surface area contributed by atoms with Gasteiger partial charge in [-0.15, -0.1) is 6.58 Å². The van der Waals surface area contributed by atoms with Crippen LogP contribution in [0.2, 0.25) is 0 Å². The first kappa shape index (κ1) is 22.5. The van der Waals surface area contributed by atoms with Crippen LogP contribution in [0.3, 0.4) is 0 Å². The van der Waals surface area contributed by atoms with Crippen LogP contribution < -0.4 is 0 Å². The molecule has 0 amide bonds. The van der Waals surface area contributed by atoms with Gasteiger partial charge in [0, 0.05) is 5.92 Å². The lowest BCUT2D eigenvalue weighted by molar-refractivity contribution is 0.00760. The highest BCUT2D eigenvalue weighted by molar-refractivity contribution is 4.99. The van der Waals surface area contributed by atoms with Gasteiger partial charge in [-0.25, -0.2) is 0 Å². The number of allylic oxidation sites excluding steroid dienone is 1. The molecule has 0 aromatic heterocycles. The van der Waals surface area contributed by atoms with Crippen LogP contribution in [0.25, 0.3) is 0 Å². The van der Waals surface area contributed by atoms with Crippen molar-refractivity contribution in [3.05, 3.63) is 12.7 Å². The van der Waals surface area contributed by atoms with Crippen molar-refractivity contribution in [2.24, 2.45) is 53.3 Å². The monoisotopic (exact) mass is 371 g/mol. The molecule has 0 aromatic carbocycles. The molecule has 0 heterocycles. The van der Waals surface area contributed by atoms with E-state index in [1.165, 1.54) is 51.4 Å². The summed E-state index contributed by atoms with van der Waals surface area (Å²) in [7, 11) is 0. The molecule has 154 valence electrons. The van der Waals surface area contributed by atoms with Crippen molar-refractivity contribution in [3.63, 3.8) is 0 Å². The molecular weight excluding hydrogens is 326 g/mol. The van der Waals surface area contributed by atoms with Gasteiger partial charge in [-0.2, -0.15) is 5.26 Å². The molecule has 0 radical (unpaired) electrons. The predicted octanol–water partition coefficient (Wildman–Crippen LogP) is 7.88. The zero-order chi connectivity index (χ0) is 20.0. The number of hydrogen-bond acceptors (Lipinski definition) is 1. The maximum absolute atomic E-state index is 9.98. The Labute approximate surface area is 170 Å². The normalized spacial score (nSPS) is 29.3. The Morgan fingerprint density at radius 2 is 1.70 bits per heavy atom. The lowest BCUT2D eigenvalue weighted by Crippen LogP contribution is -2.42. The van der Waals surface area contributed by atoms with Crippen molar-refractivity contribution < 1.29 is 0 Å². The Hall–Kier alpha value is -0.770. The summed E-state index contributed by atoms with van der Waals surface area (Å²) in [6.07, 6.45) is 14.0. The lowest BCUT2D eigenvalue weighted by atomic mass is 9.56. The molecule has 27 heavy (non-hydrogen) atoms. The standard InChI is InChI=1S/C26H45N/c1-7-18(4)15-26(20(6)22(17-27)16-21-11-10-12-21)23(9-3)25-14-13-24(25)19(5)8-2/h8,18-26H,2,7,9-16H2,1,3-6H3. The molecule has 1 nitrogen and oxygen atoms in total. The van der Waals surface area contributed by atoms with Gasteiger partial charge >= 0.3 is 0 Å². The molecule has 8 atom stereocenters. The van der Waals surface area contributed by atoms with Crippen molar-refractivity contribution in [2.75, 3.05) is 0 Å². The quantitative estimate of drug-likeness (QED) is 0.320. The average Bonchev–Trinajstić information content (AvgIpc) is 2.61. The second kappa shape index (κ2) is 10.7. The molecule has 2 rings (SSSR count). The highest BCUT2D eigenvalue weighted by atomic mass is 14.5. The molecule has 0 aliphatic heterocycles. The maximum Gasteiger partial charge on any atom is 0.0658 e. The first-order valence-corrected chi connectivity index (χ1v) is 12.0. The Kier molecular flexibility index (Phi) is 8.91. The van der Waals surface area contributed by atoms with Gasteiger partial charge in [0.2, 0.25) is 0 Å². The molecule has 2 saturated carbocycles. The Bertz CT molecular complexity index is 485. The summed E-state index contributed by atoms with van der Waals surface area (Å²) in [5.41, 5.74) is 0. The van der Waals surface area contributed by atoms with Gasteiger partial charge in [0.05, 0.1) is 6.07 Å². The van der Waals surface area contributed by atoms with Crippen LogP contribution in [0.15, 0.2) is 12.7 Å². The maximum atomic E-state index is 9.98. The molecule has 8 unspecified atom stereocenters. The van der Waals surface area contributed by atoms with E-state index in [1.807, 2.05) is 0 Å². The summed E-state index contributed by atoms with van der Waals surface area (Å²) in [4.78, 5) is 0. The third-order valence-electron chi connectivity index (χ3n) is 8.66. The summed E-state index contributed by atoms with van der Waals surface area (Å²) in [6.45, 7) is 16.0. The molecule has 1 heteroatoms. The Balaban J connectivity index is 2.17. The molecule has 0 saturated heterocycles. The van der Waals surface area contributed by atoms with E-state index in [2.05, 4.69) is 53.3 Å². The van der Waals surface area contributed by atoms with Gasteiger partial charge in [-0.05, 0) is 73.0 Å². The first-order valence-electron chi connectivity index (χ1n) is 12.0. The lowest BCUT2D eigenvalue weighted by Gasteiger charge is -2.49. The third-order valence-corrected chi connectivity index (χ3v) is 8.66. The van der Waals surface area contributed by atoms with Gasteiger partial charge in [-0.3, -0.25) is 0 Å². The van der Waals surface area contributed by atoms with Crippen LogP contribution in [-0.4, -0.2) is 0 Å². The SMILES string of the molecule is C=CC(C)C1CCC1C(CC)C(CC(C)CC)C(C)C(C#N)CC1CCC1. The zero-order valence-electron chi connectivity index (χ0n) is 18.8. The second-order valence-corrected chi connectivity index (χ2v) is 10.1. The topological polar surface area (TPSA) is 23.8 Å². The minimum atomic E-state index is 0.258. The van der Waals surface area contributed by atoms with Gasteiger partial charge in [-0.1, -0.05) is 72.8 Å². The van der Waals surface area contributed by atoms with Crippen LogP contribution >= 0.6 is 0 Å². The van der Waals surface area contributed by atoms with E-state index < -0.39 is 0 Å². The summed E-state index contributed by atoms with van der Waals surface area (Å²) >= 11 is 0. The Morgan fingerprint density at radius 1 is 1.04 bits per heavy atom. The zero-order valence-corrected chi connectivity index (χ0v) is 18.8.